The summed E-state index contributed by atoms with van der Waals surface area (Å²) in [6.07, 6.45) is 2.23. The van der Waals surface area contributed by atoms with Gasteiger partial charge >= 0.3 is 0 Å². The van der Waals surface area contributed by atoms with E-state index in [-0.39, 0.29) is 12.0 Å². The fourth-order valence-electron chi connectivity index (χ4n) is 1.30. The van der Waals surface area contributed by atoms with E-state index in [4.69, 9.17) is 5.11 Å². The van der Waals surface area contributed by atoms with Crippen LogP contribution in [0.1, 0.15) is 19.0 Å². The molecular weight excluding hydrogens is 204 g/mol. The lowest BCUT2D eigenvalue weighted by molar-refractivity contribution is -0.129. The average molecular weight is 222 g/mol. The van der Waals surface area contributed by atoms with Gasteiger partial charge in [-0.25, -0.2) is 0 Å². The maximum atomic E-state index is 11.7. The molecule has 1 rings (SSSR count). The third-order valence-electron chi connectivity index (χ3n) is 2.37. The van der Waals surface area contributed by atoms with Gasteiger partial charge in [-0.1, -0.05) is 6.07 Å². The molecule has 0 spiro atoms. The number of hydrogen-bond donors (Lipinski definition) is 1. The number of carbonyl (C=O) groups is 1. The molecule has 1 aromatic rings. The van der Waals surface area contributed by atoms with Crippen molar-refractivity contribution in [2.24, 2.45) is 0 Å². The predicted molar refractivity (Wildman–Crippen MR) is 61.9 cm³/mol. The van der Waals surface area contributed by atoms with E-state index < -0.39 is 0 Å². The summed E-state index contributed by atoms with van der Waals surface area (Å²) in [5, 5.41) is 9.12. The van der Waals surface area contributed by atoms with Gasteiger partial charge in [0, 0.05) is 25.5 Å². The molecule has 0 aromatic carbocycles. The van der Waals surface area contributed by atoms with Crippen molar-refractivity contribution in [3.63, 3.8) is 0 Å². The van der Waals surface area contributed by atoms with Gasteiger partial charge in [-0.3, -0.25) is 9.78 Å². The second-order valence-corrected chi connectivity index (χ2v) is 3.95. The highest BCUT2D eigenvalue weighted by atomic mass is 16.3. The minimum atomic E-state index is -0.370. The molecule has 4 nitrogen and oxygen atoms in total. The number of aliphatic hydroxyl groups is 1. The topological polar surface area (TPSA) is 53.4 Å². The fraction of sp³-hybridized carbons (Fsp3) is 0.500. The highest BCUT2D eigenvalue weighted by molar-refractivity contribution is 5.77. The van der Waals surface area contributed by atoms with E-state index in [9.17, 15) is 4.79 Å². The third-order valence-corrected chi connectivity index (χ3v) is 2.37. The minimum Gasteiger partial charge on any atom is -0.393 e. The summed E-state index contributed by atoms with van der Waals surface area (Å²) in [6.45, 7) is 2.29. The van der Waals surface area contributed by atoms with Crippen LogP contribution in [-0.2, 0) is 11.2 Å². The molecule has 0 aliphatic rings. The first-order chi connectivity index (χ1) is 7.59. The Hall–Kier alpha value is -1.42. The molecule has 1 unspecified atom stereocenters. The van der Waals surface area contributed by atoms with Crippen molar-refractivity contribution < 1.29 is 9.90 Å². The second kappa shape index (κ2) is 6.23. The first-order valence-electron chi connectivity index (χ1n) is 5.41. The van der Waals surface area contributed by atoms with Gasteiger partial charge in [0.1, 0.15) is 0 Å². The van der Waals surface area contributed by atoms with E-state index in [2.05, 4.69) is 4.98 Å². The van der Waals surface area contributed by atoms with Crippen molar-refractivity contribution >= 4 is 5.91 Å². The van der Waals surface area contributed by atoms with Crippen molar-refractivity contribution in [1.29, 1.82) is 0 Å². The molecule has 0 aliphatic carbocycles. The van der Waals surface area contributed by atoms with Gasteiger partial charge in [0.05, 0.1) is 12.5 Å². The number of nitrogens with zero attached hydrogens (tertiary/aromatic N) is 2. The molecule has 0 bridgehead atoms. The molecule has 0 aliphatic heterocycles. The molecule has 88 valence electrons. The normalized spacial score (nSPS) is 12.2. The van der Waals surface area contributed by atoms with Gasteiger partial charge in [-0.05, 0) is 25.5 Å². The Balaban J connectivity index is 2.40. The Bertz CT molecular complexity index is 325. The first kappa shape index (κ1) is 12.6. The highest BCUT2D eigenvalue weighted by Gasteiger charge is 2.10. The van der Waals surface area contributed by atoms with Gasteiger partial charge in [-0.15, -0.1) is 0 Å². The van der Waals surface area contributed by atoms with Crippen molar-refractivity contribution in [1.82, 2.24) is 9.88 Å². The summed E-state index contributed by atoms with van der Waals surface area (Å²) >= 11 is 0. The molecule has 1 atom stereocenters. The summed E-state index contributed by atoms with van der Waals surface area (Å²) in [7, 11) is 1.74. The van der Waals surface area contributed by atoms with Crippen molar-refractivity contribution in [3.8, 4) is 0 Å². The molecule has 4 heteroatoms. The van der Waals surface area contributed by atoms with E-state index >= 15 is 0 Å². The molecule has 0 fully saturated rings. The van der Waals surface area contributed by atoms with Crippen LogP contribution in [0.25, 0.3) is 0 Å². The van der Waals surface area contributed by atoms with Crippen LogP contribution in [0.4, 0.5) is 0 Å². The average Bonchev–Trinajstić information content (AvgIpc) is 2.27. The Morgan fingerprint density at radius 1 is 1.56 bits per heavy atom. The van der Waals surface area contributed by atoms with Crippen LogP contribution in [0.3, 0.4) is 0 Å². The predicted octanol–water partition coefficient (Wildman–Crippen LogP) is 0.853. The molecular formula is C12H18N2O2. The zero-order valence-corrected chi connectivity index (χ0v) is 9.76. The summed E-state index contributed by atoms with van der Waals surface area (Å²) in [6, 6.07) is 5.52. The SMILES string of the molecule is CC(O)CCN(C)C(=O)Cc1ccccn1. The van der Waals surface area contributed by atoms with E-state index in [1.165, 1.54) is 0 Å². The number of hydrogen-bond acceptors (Lipinski definition) is 3. The largest absolute Gasteiger partial charge is 0.393 e. The quantitative estimate of drug-likeness (QED) is 0.803. The van der Waals surface area contributed by atoms with Crippen molar-refractivity contribution in [2.75, 3.05) is 13.6 Å². The number of likely N-dealkylation sites (N-methyl/N-ethyl adjacent to an activating group) is 1. The number of carbonyl (C=O) groups excluding carboxylic acids is 1. The van der Waals surface area contributed by atoms with E-state index in [1.807, 2.05) is 18.2 Å². The van der Waals surface area contributed by atoms with Crippen LogP contribution >= 0.6 is 0 Å². The van der Waals surface area contributed by atoms with Gasteiger partial charge in [-0.2, -0.15) is 0 Å². The molecule has 1 aromatic heterocycles. The van der Waals surface area contributed by atoms with Crippen molar-refractivity contribution in [3.05, 3.63) is 30.1 Å². The Morgan fingerprint density at radius 3 is 2.88 bits per heavy atom. The zero-order chi connectivity index (χ0) is 12.0. The van der Waals surface area contributed by atoms with Gasteiger partial charge in [0.25, 0.3) is 0 Å². The maximum Gasteiger partial charge on any atom is 0.228 e. The highest BCUT2D eigenvalue weighted by Crippen LogP contribution is 2.00. The van der Waals surface area contributed by atoms with E-state index in [1.54, 1.807) is 25.1 Å². The molecule has 1 amide bonds. The summed E-state index contributed by atoms with van der Waals surface area (Å²) in [5.41, 5.74) is 0.774. The van der Waals surface area contributed by atoms with E-state index in [0.717, 1.165) is 5.69 Å². The second-order valence-electron chi connectivity index (χ2n) is 3.95. The minimum absolute atomic E-state index is 0.0272. The van der Waals surface area contributed by atoms with Crippen LogP contribution in [0.15, 0.2) is 24.4 Å². The number of aromatic nitrogens is 1. The summed E-state index contributed by atoms with van der Waals surface area (Å²) in [5.74, 6) is 0.0272. The first-order valence-corrected chi connectivity index (χ1v) is 5.41. The maximum absolute atomic E-state index is 11.7. The zero-order valence-electron chi connectivity index (χ0n) is 9.76. The van der Waals surface area contributed by atoms with E-state index in [0.29, 0.717) is 19.4 Å². The van der Waals surface area contributed by atoms with Crippen LogP contribution in [-0.4, -0.2) is 40.6 Å². The number of pyridine rings is 1. The van der Waals surface area contributed by atoms with Gasteiger partial charge < -0.3 is 10.0 Å². The molecule has 0 saturated heterocycles. The van der Waals surface area contributed by atoms with Gasteiger partial charge in [0.15, 0.2) is 0 Å². The molecule has 1 N–H and O–H groups in total. The summed E-state index contributed by atoms with van der Waals surface area (Å²) in [4.78, 5) is 17.5. The molecule has 0 saturated carbocycles. The Morgan fingerprint density at radius 2 is 2.31 bits per heavy atom. The van der Waals surface area contributed by atoms with Crippen molar-refractivity contribution in [2.45, 2.75) is 25.9 Å². The lowest BCUT2D eigenvalue weighted by atomic mass is 10.2. The van der Waals surface area contributed by atoms with Crippen LogP contribution in [0.2, 0.25) is 0 Å². The van der Waals surface area contributed by atoms with Gasteiger partial charge in [0.2, 0.25) is 5.91 Å². The lowest BCUT2D eigenvalue weighted by Crippen LogP contribution is -2.30. The van der Waals surface area contributed by atoms with Crippen LogP contribution in [0, 0.1) is 0 Å². The van der Waals surface area contributed by atoms with Crippen LogP contribution < -0.4 is 0 Å². The Labute approximate surface area is 95.9 Å². The third kappa shape index (κ3) is 4.40. The Kier molecular flexibility index (Phi) is 4.92. The monoisotopic (exact) mass is 222 g/mol. The number of aliphatic hydroxyl groups excluding tert-OH is 1. The number of rotatable bonds is 5. The van der Waals surface area contributed by atoms with Crippen LogP contribution in [0.5, 0.6) is 0 Å². The summed E-state index contributed by atoms with van der Waals surface area (Å²) < 4.78 is 0. The molecule has 0 radical (unpaired) electrons. The standard InChI is InChI=1S/C12H18N2O2/c1-10(15)6-8-14(2)12(16)9-11-5-3-4-7-13-11/h3-5,7,10,15H,6,8-9H2,1-2H3. The molecule has 16 heavy (non-hydrogen) atoms. The lowest BCUT2D eigenvalue weighted by Gasteiger charge is -2.17. The number of amides is 1. The fourth-order valence-corrected chi connectivity index (χ4v) is 1.30. The molecule has 1 heterocycles. The smallest absolute Gasteiger partial charge is 0.228 e.